The van der Waals surface area contributed by atoms with Crippen LogP contribution in [0.5, 0.6) is 0 Å². The molecule has 3 heterocycles. The number of benzene rings is 3. The number of anilines is 2. The Balaban J connectivity index is 1.13. The normalized spacial score (nSPS) is 20.2. The van der Waals surface area contributed by atoms with Gasteiger partial charge in [-0.2, -0.15) is 0 Å². The van der Waals surface area contributed by atoms with E-state index in [2.05, 4.69) is 63.6 Å². The Hall–Kier alpha value is -4.04. The molecule has 7 nitrogen and oxygen atoms in total. The molecule has 3 aromatic rings. The van der Waals surface area contributed by atoms with Crippen molar-refractivity contribution in [3.8, 4) is 0 Å². The number of fused-ring (bicyclic) bond motifs is 1. The highest BCUT2D eigenvalue weighted by Crippen LogP contribution is 2.33. The average molecular weight is 527 g/mol. The van der Waals surface area contributed by atoms with Crippen LogP contribution in [0, 0.1) is 5.82 Å². The number of nitrogens with one attached hydrogen (secondary N) is 1. The first-order valence-electron chi connectivity index (χ1n) is 13.6. The van der Waals surface area contributed by atoms with Crippen molar-refractivity contribution >= 4 is 29.1 Å². The van der Waals surface area contributed by atoms with Crippen LogP contribution in [0.4, 0.5) is 15.8 Å². The summed E-state index contributed by atoms with van der Waals surface area (Å²) in [7, 11) is 0. The Morgan fingerprint density at radius 2 is 1.51 bits per heavy atom. The molecule has 0 aromatic heterocycles. The molecule has 0 radical (unpaired) electrons. The fourth-order valence-electron chi connectivity index (χ4n) is 6.15. The van der Waals surface area contributed by atoms with Crippen molar-refractivity contribution in [1.29, 1.82) is 0 Å². The number of amides is 3. The maximum Gasteiger partial charge on any atom is 0.258 e. The van der Waals surface area contributed by atoms with Crippen molar-refractivity contribution in [2.75, 3.05) is 18.0 Å². The predicted molar refractivity (Wildman–Crippen MR) is 146 cm³/mol. The van der Waals surface area contributed by atoms with E-state index < -0.39 is 23.7 Å². The third kappa shape index (κ3) is 5.04. The van der Waals surface area contributed by atoms with Crippen LogP contribution in [0.15, 0.2) is 72.8 Å². The smallest absolute Gasteiger partial charge is 0.258 e. The molecule has 200 valence electrons. The largest absolute Gasteiger partial charge is 0.338 e. The lowest BCUT2D eigenvalue weighted by Crippen LogP contribution is -2.52. The molecule has 0 bridgehead atoms. The highest BCUT2D eigenvalue weighted by molar-refractivity contribution is 6.05. The van der Waals surface area contributed by atoms with Gasteiger partial charge in [0.25, 0.3) is 5.91 Å². The van der Waals surface area contributed by atoms with Gasteiger partial charge < -0.3 is 9.80 Å². The van der Waals surface area contributed by atoms with Crippen LogP contribution in [0.3, 0.4) is 0 Å². The minimum absolute atomic E-state index is 0.0449. The molecule has 2 fully saturated rings. The van der Waals surface area contributed by atoms with Crippen molar-refractivity contribution in [3.63, 3.8) is 0 Å². The van der Waals surface area contributed by atoms with E-state index in [1.807, 2.05) is 18.2 Å². The number of hydrogen-bond donors (Lipinski definition) is 1. The summed E-state index contributed by atoms with van der Waals surface area (Å²) < 4.78 is 15.2. The van der Waals surface area contributed by atoms with Gasteiger partial charge in [0, 0.05) is 50.0 Å². The summed E-state index contributed by atoms with van der Waals surface area (Å²) in [6.45, 7) is 2.53. The second-order valence-electron chi connectivity index (χ2n) is 10.6. The van der Waals surface area contributed by atoms with Gasteiger partial charge in [0.15, 0.2) is 0 Å². The second-order valence-corrected chi connectivity index (χ2v) is 10.6. The molecule has 0 aliphatic carbocycles. The highest BCUT2D eigenvalue weighted by atomic mass is 19.1. The summed E-state index contributed by atoms with van der Waals surface area (Å²) in [6.07, 6.45) is 2.38. The monoisotopic (exact) mass is 526 g/mol. The molecule has 0 spiro atoms. The molecule has 1 unspecified atom stereocenters. The topological polar surface area (TPSA) is 73.0 Å². The van der Waals surface area contributed by atoms with Crippen LogP contribution in [0.25, 0.3) is 0 Å². The molecule has 3 aliphatic rings. The number of para-hydroxylation sites is 2. The Morgan fingerprint density at radius 1 is 0.872 bits per heavy atom. The van der Waals surface area contributed by atoms with E-state index >= 15 is 4.39 Å². The number of rotatable bonds is 6. The maximum absolute atomic E-state index is 15.2. The van der Waals surface area contributed by atoms with E-state index in [4.69, 9.17) is 0 Å². The number of nitrogens with zero attached hydrogens (tertiary/aromatic N) is 3. The van der Waals surface area contributed by atoms with Gasteiger partial charge in [-0.05, 0) is 60.7 Å². The Kier molecular flexibility index (Phi) is 6.87. The zero-order valence-corrected chi connectivity index (χ0v) is 21.7. The minimum atomic E-state index is -0.748. The van der Waals surface area contributed by atoms with Crippen LogP contribution in [0.1, 0.15) is 47.2 Å². The Bertz CT molecular complexity index is 1350. The molecule has 3 amide bonds. The first kappa shape index (κ1) is 25.2. The van der Waals surface area contributed by atoms with Gasteiger partial charge in [-0.1, -0.05) is 42.5 Å². The Labute approximate surface area is 227 Å². The lowest BCUT2D eigenvalue weighted by atomic mass is 9.99. The molecule has 8 heteroatoms. The fraction of sp³-hybridized carbons (Fsp3) is 0.323. The van der Waals surface area contributed by atoms with Crippen molar-refractivity contribution in [1.82, 2.24) is 15.1 Å². The van der Waals surface area contributed by atoms with E-state index in [-0.39, 0.29) is 30.9 Å². The van der Waals surface area contributed by atoms with Crippen LogP contribution >= 0.6 is 0 Å². The summed E-state index contributed by atoms with van der Waals surface area (Å²) >= 11 is 0. The summed E-state index contributed by atoms with van der Waals surface area (Å²) in [4.78, 5) is 43.0. The van der Waals surface area contributed by atoms with Crippen LogP contribution in [-0.2, 0) is 22.7 Å². The van der Waals surface area contributed by atoms with Crippen LogP contribution in [0.2, 0.25) is 0 Å². The molecule has 6 rings (SSSR count). The maximum atomic E-state index is 15.2. The standard InChI is InChI=1S/C31H31FN4O3/c32-26-18-21(17-22-20-35(31(39)29(22)26)27-11-12-28(37)33-30(27)38)19-34-15-13-25(14-16-34)36(23-7-3-1-4-8-23)24-9-5-2-6-10-24/h1-10,17-18,25,27H,11-16,19-20H2,(H,33,37,38). The first-order valence-corrected chi connectivity index (χ1v) is 13.6. The van der Waals surface area contributed by atoms with E-state index in [9.17, 15) is 14.4 Å². The van der Waals surface area contributed by atoms with Gasteiger partial charge in [0.05, 0.1) is 5.56 Å². The summed E-state index contributed by atoms with van der Waals surface area (Å²) in [5.74, 6) is -1.85. The van der Waals surface area contributed by atoms with Crippen molar-refractivity contribution in [2.24, 2.45) is 0 Å². The lowest BCUT2D eigenvalue weighted by molar-refractivity contribution is -0.136. The quantitative estimate of drug-likeness (QED) is 0.483. The highest BCUT2D eigenvalue weighted by Gasteiger charge is 2.40. The van der Waals surface area contributed by atoms with Crippen molar-refractivity contribution in [2.45, 2.75) is 50.9 Å². The number of likely N-dealkylation sites (tertiary alicyclic amines) is 1. The second kappa shape index (κ2) is 10.6. The third-order valence-corrected chi connectivity index (χ3v) is 8.03. The van der Waals surface area contributed by atoms with E-state index in [0.29, 0.717) is 18.2 Å². The molecule has 3 aliphatic heterocycles. The molecule has 39 heavy (non-hydrogen) atoms. The number of halogens is 1. The van der Waals surface area contributed by atoms with Crippen molar-refractivity contribution in [3.05, 3.63) is 95.3 Å². The molecule has 3 aromatic carbocycles. The van der Waals surface area contributed by atoms with Gasteiger partial charge in [0.1, 0.15) is 11.9 Å². The molecule has 2 saturated heterocycles. The number of hydrogen-bond acceptors (Lipinski definition) is 5. The summed E-state index contributed by atoms with van der Waals surface area (Å²) in [5, 5.41) is 2.29. The van der Waals surface area contributed by atoms with Gasteiger partial charge in [-0.3, -0.25) is 24.6 Å². The summed E-state index contributed by atoms with van der Waals surface area (Å²) in [5.41, 5.74) is 3.82. The predicted octanol–water partition coefficient (Wildman–Crippen LogP) is 4.39. The molecule has 0 saturated carbocycles. The van der Waals surface area contributed by atoms with Gasteiger partial charge in [-0.25, -0.2) is 4.39 Å². The van der Waals surface area contributed by atoms with E-state index in [1.54, 1.807) is 0 Å². The molecular weight excluding hydrogens is 495 g/mol. The Morgan fingerprint density at radius 3 is 2.13 bits per heavy atom. The number of carbonyl (C=O) groups excluding carboxylic acids is 3. The summed E-state index contributed by atoms with van der Waals surface area (Å²) in [6, 6.07) is 23.9. The van der Waals surface area contributed by atoms with E-state index in [0.717, 1.165) is 31.5 Å². The lowest BCUT2D eigenvalue weighted by Gasteiger charge is -2.40. The molecule has 1 N–H and O–H groups in total. The molecule has 1 atom stereocenters. The average Bonchev–Trinajstić information content (AvgIpc) is 3.27. The fourth-order valence-corrected chi connectivity index (χ4v) is 6.15. The van der Waals surface area contributed by atoms with Crippen LogP contribution in [-0.4, -0.2) is 52.7 Å². The third-order valence-electron chi connectivity index (χ3n) is 8.03. The van der Waals surface area contributed by atoms with Gasteiger partial charge in [0.2, 0.25) is 11.8 Å². The van der Waals surface area contributed by atoms with Gasteiger partial charge in [-0.15, -0.1) is 0 Å². The van der Waals surface area contributed by atoms with E-state index in [1.165, 1.54) is 22.3 Å². The first-order chi connectivity index (χ1) is 19.0. The zero-order chi connectivity index (χ0) is 26.9. The zero-order valence-electron chi connectivity index (χ0n) is 21.7. The number of imide groups is 1. The van der Waals surface area contributed by atoms with Crippen molar-refractivity contribution < 1.29 is 18.8 Å². The minimum Gasteiger partial charge on any atom is -0.338 e. The van der Waals surface area contributed by atoms with Gasteiger partial charge >= 0.3 is 0 Å². The number of piperidine rings is 2. The number of carbonyl (C=O) groups is 3. The SMILES string of the molecule is O=C1CCC(N2Cc3cc(CN4CCC(N(c5ccccc5)c5ccccc5)CC4)cc(F)c3C2=O)C(=O)N1. The molecular formula is C31H31FN4O3. The van der Waals surface area contributed by atoms with Crippen LogP contribution < -0.4 is 10.2 Å².